The van der Waals surface area contributed by atoms with Gasteiger partial charge in [-0.3, -0.25) is 10.2 Å². The zero-order valence-electron chi connectivity index (χ0n) is 19.4. The van der Waals surface area contributed by atoms with Gasteiger partial charge in [-0.05, 0) is 43.7 Å². The first-order valence-electron chi connectivity index (χ1n) is 11.5. The minimum Gasteiger partial charge on any atom is -0.494 e. The molecule has 184 valence electrons. The first-order valence-corrected chi connectivity index (χ1v) is 11.5. The Morgan fingerprint density at radius 1 is 1.11 bits per heavy atom. The third kappa shape index (κ3) is 7.30. The second-order valence-corrected chi connectivity index (χ2v) is 7.86. The van der Waals surface area contributed by atoms with E-state index in [-0.39, 0.29) is 30.6 Å². The molecule has 35 heavy (non-hydrogen) atoms. The van der Waals surface area contributed by atoms with Gasteiger partial charge in [-0.1, -0.05) is 0 Å². The lowest BCUT2D eigenvalue weighted by atomic mass is 10.2. The first kappa shape index (κ1) is 24.3. The van der Waals surface area contributed by atoms with Crippen LogP contribution >= 0.6 is 0 Å². The highest BCUT2D eigenvalue weighted by atomic mass is 16.5. The summed E-state index contributed by atoms with van der Waals surface area (Å²) in [6.07, 6.45) is 6.78. The van der Waals surface area contributed by atoms with Crippen molar-refractivity contribution in [2.75, 3.05) is 63.3 Å². The Morgan fingerprint density at radius 2 is 1.94 bits per heavy atom. The fourth-order valence-electron chi connectivity index (χ4n) is 3.56. The summed E-state index contributed by atoms with van der Waals surface area (Å²) in [7, 11) is 0. The molecule has 2 amide bonds. The molecule has 2 N–H and O–H groups in total. The molecule has 1 saturated heterocycles. The van der Waals surface area contributed by atoms with Gasteiger partial charge >= 0.3 is 6.03 Å². The van der Waals surface area contributed by atoms with Crippen LogP contribution in [0, 0.1) is 11.3 Å². The van der Waals surface area contributed by atoms with E-state index in [1.54, 1.807) is 24.3 Å². The Morgan fingerprint density at radius 3 is 2.77 bits per heavy atom. The number of ether oxygens (including phenoxy) is 4. The molecule has 4 rings (SSSR count). The number of rotatable bonds is 6. The van der Waals surface area contributed by atoms with Crippen LogP contribution in [-0.2, 0) is 4.74 Å². The van der Waals surface area contributed by atoms with Crippen LogP contribution in [0.2, 0.25) is 0 Å². The average Bonchev–Trinajstić information content (AvgIpc) is 2.87. The summed E-state index contributed by atoms with van der Waals surface area (Å²) in [5.74, 6) is 1.31. The van der Waals surface area contributed by atoms with Gasteiger partial charge in [-0.25, -0.2) is 9.78 Å². The van der Waals surface area contributed by atoms with E-state index in [4.69, 9.17) is 18.9 Å². The van der Waals surface area contributed by atoms with Crippen molar-refractivity contribution in [1.29, 1.82) is 5.26 Å². The van der Waals surface area contributed by atoms with Gasteiger partial charge in [0.2, 0.25) is 5.69 Å². The molecule has 2 aliphatic heterocycles. The normalized spacial score (nSPS) is 17.3. The lowest BCUT2D eigenvalue weighted by Crippen LogP contribution is -2.36. The van der Waals surface area contributed by atoms with E-state index in [0.717, 1.165) is 45.7 Å². The van der Waals surface area contributed by atoms with Gasteiger partial charge in [0.1, 0.15) is 30.8 Å². The summed E-state index contributed by atoms with van der Waals surface area (Å²) in [5.41, 5.74) is 0.488. The van der Waals surface area contributed by atoms with Gasteiger partial charge in [0.05, 0.1) is 31.7 Å². The first-order chi connectivity index (χ1) is 17.2. The number of carbonyl (C=O) groups is 1. The Bertz CT molecular complexity index is 1080. The van der Waals surface area contributed by atoms with Crippen LogP contribution in [0.15, 0.2) is 36.5 Å². The molecule has 2 aromatic rings. The lowest BCUT2D eigenvalue weighted by molar-refractivity contribution is 0.0368. The summed E-state index contributed by atoms with van der Waals surface area (Å²) in [5, 5.41) is 14.5. The number of aromatic nitrogens is 2. The number of nitrogens with zero attached hydrogens (tertiary/aromatic N) is 4. The largest absolute Gasteiger partial charge is 0.494 e. The maximum atomic E-state index is 12.6. The topological polar surface area (TPSA) is 131 Å². The molecule has 0 radical (unpaired) electrons. The van der Waals surface area contributed by atoms with Crippen LogP contribution < -0.4 is 24.8 Å². The van der Waals surface area contributed by atoms with Gasteiger partial charge in [-0.2, -0.15) is 10.2 Å². The van der Waals surface area contributed by atoms with E-state index >= 15 is 0 Å². The maximum Gasteiger partial charge on any atom is 0.325 e. The SMILES string of the molecule is N#Cc1ncc2nc1OC/C=C/COc1ccc(OCCCCN3CCOCC3)cc1NC(=O)N2. The predicted molar refractivity (Wildman–Crippen MR) is 128 cm³/mol. The van der Waals surface area contributed by atoms with E-state index < -0.39 is 6.03 Å². The highest BCUT2D eigenvalue weighted by molar-refractivity contribution is 6.00. The second-order valence-electron chi connectivity index (χ2n) is 7.86. The minimum atomic E-state index is -0.546. The fourth-order valence-corrected chi connectivity index (χ4v) is 3.56. The smallest absolute Gasteiger partial charge is 0.325 e. The van der Waals surface area contributed by atoms with Crippen molar-refractivity contribution in [1.82, 2.24) is 14.9 Å². The number of nitrogens with one attached hydrogen (secondary N) is 2. The minimum absolute atomic E-state index is 0.0322. The van der Waals surface area contributed by atoms with E-state index in [0.29, 0.717) is 23.8 Å². The molecular formula is C24H28N6O5. The molecule has 1 aromatic carbocycles. The molecule has 2 aliphatic rings. The van der Waals surface area contributed by atoms with Gasteiger partial charge in [0, 0.05) is 19.2 Å². The summed E-state index contributed by atoms with van der Waals surface area (Å²) in [6, 6.07) is 6.67. The number of unbranched alkanes of at least 4 members (excludes halogenated alkanes) is 1. The zero-order chi connectivity index (χ0) is 24.3. The molecule has 11 nitrogen and oxygen atoms in total. The lowest BCUT2D eigenvalue weighted by Gasteiger charge is -2.26. The summed E-state index contributed by atoms with van der Waals surface area (Å²) in [4.78, 5) is 23.2. The molecule has 3 heterocycles. The quantitative estimate of drug-likeness (QED) is 0.473. The van der Waals surface area contributed by atoms with Gasteiger partial charge in [-0.15, -0.1) is 0 Å². The van der Waals surface area contributed by atoms with E-state index in [9.17, 15) is 10.1 Å². The van der Waals surface area contributed by atoms with Crippen molar-refractivity contribution in [3.05, 3.63) is 42.2 Å². The van der Waals surface area contributed by atoms with Crippen LogP contribution in [0.4, 0.5) is 16.3 Å². The van der Waals surface area contributed by atoms with E-state index in [1.807, 2.05) is 12.1 Å². The van der Waals surface area contributed by atoms with Crippen LogP contribution in [0.3, 0.4) is 0 Å². The van der Waals surface area contributed by atoms with E-state index in [2.05, 4.69) is 25.5 Å². The highest BCUT2D eigenvalue weighted by Gasteiger charge is 2.14. The average molecular weight is 481 g/mol. The molecule has 0 aliphatic carbocycles. The zero-order valence-corrected chi connectivity index (χ0v) is 19.4. The van der Waals surface area contributed by atoms with Gasteiger partial charge in [0.25, 0.3) is 5.88 Å². The third-order valence-electron chi connectivity index (χ3n) is 5.35. The number of amides is 2. The second kappa shape index (κ2) is 12.5. The van der Waals surface area contributed by atoms with Crippen LogP contribution in [0.25, 0.3) is 0 Å². The van der Waals surface area contributed by atoms with Crippen molar-refractivity contribution in [2.24, 2.45) is 0 Å². The molecule has 0 spiro atoms. The van der Waals surface area contributed by atoms with Crippen molar-refractivity contribution in [2.45, 2.75) is 12.8 Å². The van der Waals surface area contributed by atoms with Crippen molar-refractivity contribution in [3.8, 4) is 23.4 Å². The molecule has 0 atom stereocenters. The number of nitriles is 1. The molecule has 1 aromatic heterocycles. The number of carbonyl (C=O) groups excluding carboxylic acids is 1. The number of fused-ring (bicyclic) bond motifs is 3. The summed E-state index contributed by atoms with van der Waals surface area (Å²) >= 11 is 0. The van der Waals surface area contributed by atoms with Crippen LogP contribution in [0.1, 0.15) is 18.5 Å². The monoisotopic (exact) mass is 480 g/mol. The highest BCUT2D eigenvalue weighted by Crippen LogP contribution is 2.30. The number of hydrogen-bond donors (Lipinski definition) is 2. The summed E-state index contributed by atoms with van der Waals surface area (Å²) in [6.45, 7) is 5.61. The maximum absolute atomic E-state index is 12.6. The molecule has 1 fully saturated rings. The fraction of sp³-hybridized carbons (Fsp3) is 0.417. The summed E-state index contributed by atoms with van der Waals surface area (Å²) < 4.78 is 22.6. The van der Waals surface area contributed by atoms with Crippen molar-refractivity contribution < 1.29 is 23.7 Å². The number of benzene rings is 1. The Kier molecular flexibility index (Phi) is 8.69. The number of urea groups is 1. The van der Waals surface area contributed by atoms with Crippen molar-refractivity contribution in [3.63, 3.8) is 0 Å². The Hall–Kier alpha value is -3.88. The number of anilines is 2. The predicted octanol–water partition coefficient (Wildman–Crippen LogP) is 2.81. The molecule has 11 heteroatoms. The molecule has 0 saturated carbocycles. The van der Waals surface area contributed by atoms with Crippen LogP contribution in [-0.4, -0.2) is 73.6 Å². The third-order valence-corrected chi connectivity index (χ3v) is 5.35. The standard InChI is InChI=1S/C24H28N6O5/c25-16-20-23-28-22(17-26-20)29-24(31)27-19-15-18(5-6-21(19)34-11-3-4-12-35-23)33-10-2-1-7-30-8-13-32-14-9-30/h3-6,15,17H,1-2,7-14H2,(H2,27,28,29,31)/b4-3+. The molecule has 0 unspecified atom stereocenters. The number of morpholine rings is 1. The Labute approximate surface area is 203 Å². The Balaban J connectivity index is 1.38. The van der Waals surface area contributed by atoms with Gasteiger partial charge in [0.15, 0.2) is 5.82 Å². The molecular weight excluding hydrogens is 452 g/mol. The van der Waals surface area contributed by atoms with Gasteiger partial charge < -0.3 is 24.3 Å². The van der Waals surface area contributed by atoms with E-state index in [1.165, 1.54) is 6.20 Å². The van der Waals surface area contributed by atoms with Crippen molar-refractivity contribution >= 4 is 17.5 Å². The molecule has 2 bridgehead atoms. The number of hydrogen-bond acceptors (Lipinski definition) is 9. The van der Waals surface area contributed by atoms with Crippen LogP contribution in [0.5, 0.6) is 17.4 Å².